The number of hydrogen-bond acceptors (Lipinski definition) is 4. The van der Waals surface area contributed by atoms with Crippen LogP contribution in [-0.2, 0) is 11.4 Å². The lowest BCUT2D eigenvalue weighted by molar-refractivity contribution is -0.116. The van der Waals surface area contributed by atoms with Crippen molar-refractivity contribution in [2.45, 2.75) is 13.0 Å². The van der Waals surface area contributed by atoms with E-state index in [0.29, 0.717) is 28.8 Å². The van der Waals surface area contributed by atoms with Crippen LogP contribution in [0.3, 0.4) is 0 Å². The van der Waals surface area contributed by atoms with Gasteiger partial charge in [0.05, 0.1) is 13.0 Å². The zero-order valence-corrected chi connectivity index (χ0v) is 15.4. The van der Waals surface area contributed by atoms with Crippen molar-refractivity contribution < 1.29 is 14.3 Å². The number of rotatable bonds is 8. The fraction of sp³-hybridized carbons (Fsp3) is 0.143. The number of hydrogen-bond donors (Lipinski definition) is 1. The third-order valence-corrected chi connectivity index (χ3v) is 3.91. The molecule has 0 fully saturated rings. The van der Waals surface area contributed by atoms with Gasteiger partial charge in [0.2, 0.25) is 5.91 Å². The molecule has 1 heterocycles. The van der Waals surface area contributed by atoms with Gasteiger partial charge in [0.1, 0.15) is 18.1 Å². The fourth-order valence-electron chi connectivity index (χ4n) is 2.33. The predicted molar refractivity (Wildman–Crippen MR) is 105 cm³/mol. The summed E-state index contributed by atoms with van der Waals surface area (Å²) in [4.78, 5) is 16.1. The number of anilines is 1. The first-order chi connectivity index (χ1) is 13.2. The van der Waals surface area contributed by atoms with Crippen LogP contribution in [0.2, 0.25) is 5.02 Å². The molecule has 0 aliphatic rings. The Hall–Kier alpha value is -3.05. The molecule has 0 saturated carbocycles. The number of halogens is 1. The zero-order chi connectivity index (χ0) is 18.9. The van der Waals surface area contributed by atoms with Crippen molar-refractivity contribution in [2.75, 3.05) is 11.9 Å². The molecular weight excluding hydrogens is 364 g/mol. The molecule has 0 saturated heterocycles. The van der Waals surface area contributed by atoms with Crippen LogP contribution in [0.25, 0.3) is 0 Å². The Labute approximate surface area is 162 Å². The van der Waals surface area contributed by atoms with Gasteiger partial charge in [-0.25, -0.2) is 0 Å². The Bertz CT molecular complexity index is 870. The second-order valence-corrected chi connectivity index (χ2v) is 6.21. The maximum atomic E-state index is 12.1. The molecule has 0 aliphatic heterocycles. The molecule has 0 radical (unpaired) electrons. The number of benzene rings is 2. The summed E-state index contributed by atoms with van der Waals surface area (Å²) in [6.07, 6.45) is 3.71. The number of nitrogens with one attached hydrogen (secondary N) is 1. The van der Waals surface area contributed by atoms with Crippen molar-refractivity contribution in [1.29, 1.82) is 0 Å². The normalized spacial score (nSPS) is 10.3. The van der Waals surface area contributed by atoms with Crippen molar-refractivity contribution in [3.05, 3.63) is 83.6 Å². The summed E-state index contributed by atoms with van der Waals surface area (Å²) in [7, 11) is 0. The number of carbonyl (C=O) groups excluding carboxylic acids is 1. The Morgan fingerprint density at radius 1 is 1.00 bits per heavy atom. The first-order valence-corrected chi connectivity index (χ1v) is 8.87. The number of carbonyl (C=O) groups is 1. The molecule has 138 valence electrons. The van der Waals surface area contributed by atoms with E-state index in [1.807, 2.05) is 30.3 Å². The van der Waals surface area contributed by atoms with Gasteiger partial charge in [0.25, 0.3) is 0 Å². The van der Waals surface area contributed by atoms with E-state index < -0.39 is 0 Å². The van der Waals surface area contributed by atoms with Gasteiger partial charge in [0, 0.05) is 34.7 Å². The Morgan fingerprint density at radius 3 is 2.63 bits per heavy atom. The van der Waals surface area contributed by atoms with E-state index in [4.69, 9.17) is 21.1 Å². The minimum Gasteiger partial charge on any atom is -0.493 e. The van der Waals surface area contributed by atoms with E-state index in [-0.39, 0.29) is 18.9 Å². The quantitative estimate of drug-likeness (QED) is 0.612. The molecule has 1 N–H and O–H groups in total. The van der Waals surface area contributed by atoms with Gasteiger partial charge < -0.3 is 14.8 Å². The molecule has 0 aliphatic carbocycles. The van der Waals surface area contributed by atoms with E-state index in [9.17, 15) is 4.79 Å². The van der Waals surface area contributed by atoms with Gasteiger partial charge in [-0.05, 0) is 42.5 Å². The highest BCUT2D eigenvalue weighted by Crippen LogP contribution is 2.19. The second-order valence-electron chi connectivity index (χ2n) is 5.78. The molecule has 27 heavy (non-hydrogen) atoms. The van der Waals surface area contributed by atoms with E-state index in [1.165, 1.54) is 0 Å². The van der Waals surface area contributed by atoms with Gasteiger partial charge >= 0.3 is 0 Å². The molecule has 3 rings (SSSR count). The van der Waals surface area contributed by atoms with Crippen LogP contribution in [-0.4, -0.2) is 17.5 Å². The smallest absolute Gasteiger partial charge is 0.227 e. The van der Waals surface area contributed by atoms with Crippen molar-refractivity contribution in [3.63, 3.8) is 0 Å². The molecule has 3 aromatic rings. The van der Waals surface area contributed by atoms with Crippen molar-refractivity contribution in [3.8, 4) is 11.5 Å². The van der Waals surface area contributed by atoms with Gasteiger partial charge in [-0.1, -0.05) is 23.7 Å². The SMILES string of the molecule is O=C(CCOc1ccc(Cl)cc1)Nc1cccc(OCc2cccnc2)c1. The maximum Gasteiger partial charge on any atom is 0.227 e. The van der Waals surface area contributed by atoms with E-state index in [2.05, 4.69) is 10.3 Å². The summed E-state index contributed by atoms with van der Waals surface area (Å²) >= 11 is 5.82. The summed E-state index contributed by atoms with van der Waals surface area (Å²) in [5.74, 6) is 1.22. The third-order valence-electron chi connectivity index (χ3n) is 3.66. The first-order valence-electron chi connectivity index (χ1n) is 8.49. The van der Waals surface area contributed by atoms with Crippen molar-refractivity contribution >= 4 is 23.2 Å². The van der Waals surface area contributed by atoms with Crippen LogP contribution in [0, 0.1) is 0 Å². The highest BCUT2D eigenvalue weighted by atomic mass is 35.5. The third kappa shape index (κ3) is 6.31. The highest BCUT2D eigenvalue weighted by molar-refractivity contribution is 6.30. The molecule has 1 aromatic heterocycles. The topological polar surface area (TPSA) is 60.5 Å². The molecule has 0 atom stereocenters. The average Bonchev–Trinajstić information content (AvgIpc) is 2.69. The lowest BCUT2D eigenvalue weighted by Gasteiger charge is -2.10. The van der Waals surface area contributed by atoms with Gasteiger partial charge in [-0.15, -0.1) is 0 Å². The lowest BCUT2D eigenvalue weighted by Crippen LogP contribution is -2.15. The molecule has 6 heteroatoms. The van der Waals surface area contributed by atoms with E-state index in [0.717, 1.165) is 5.56 Å². The summed E-state index contributed by atoms with van der Waals surface area (Å²) in [6, 6.07) is 18.1. The van der Waals surface area contributed by atoms with Gasteiger partial charge in [-0.2, -0.15) is 0 Å². The first kappa shape index (κ1) is 18.7. The molecule has 0 bridgehead atoms. The predicted octanol–water partition coefficient (Wildman–Crippen LogP) is 4.72. The highest BCUT2D eigenvalue weighted by Gasteiger charge is 2.05. The molecule has 1 amide bonds. The number of ether oxygens (including phenoxy) is 2. The van der Waals surface area contributed by atoms with Crippen LogP contribution in [0.1, 0.15) is 12.0 Å². The number of aromatic nitrogens is 1. The minimum absolute atomic E-state index is 0.131. The van der Waals surface area contributed by atoms with E-state index >= 15 is 0 Å². The number of pyridine rings is 1. The number of nitrogens with zero attached hydrogens (tertiary/aromatic N) is 1. The average molecular weight is 383 g/mol. The van der Waals surface area contributed by atoms with Gasteiger partial charge in [-0.3, -0.25) is 9.78 Å². The summed E-state index contributed by atoms with van der Waals surface area (Å²) in [5.41, 5.74) is 1.65. The maximum absolute atomic E-state index is 12.1. The zero-order valence-electron chi connectivity index (χ0n) is 14.6. The van der Waals surface area contributed by atoms with Crippen LogP contribution in [0.4, 0.5) is 5.69 Å². The van der Waals surface area contributed by atoms with E-state index in [1.54, 1.807) is 42.7 Å². The van der Waals surface area contributed by atoms with Gasteiger partial charge in [0.15, 0.2) is 0 Å². The molecule has 2 aromatic carbocycles. The molecule has 0 spiro atoms. The second kappa shape index (κ2) is 9.59. The largest absolute Gasteiger partial charge is 0.493 e. The molecular formula is C21H19ClN2O3. The van der Waals surface area contributed by atoms with Crippen molar-refractivity contribution in [1.82, 2.24) is 4.98 Å². The Morgan fingerprint density at radius 2 is 1.85 bits per heavy atom. The lowest BCUT2D eigenvalue weighted by atomic mass is 10.2. The molecule has 0 unspecified atom stereocenters. The summed E-state index contributed by atoms with van der Waals surface area (Å²) < 4.78 is 11.3. The van der Waals surface area contributed by atoms with Crippen LogP contribution in [0.5, 0.6) is 11.5 Å². The minimum atomic E-state index is -0.131. The number of amides is 1. The van der Waals surface area contributed by atoms with Crippen LogP contribution >= 0.6 is 11.6 Å². The molecule has 5 nitrogen and oxygen atoms in total. The monoisotopic (exact) mass is 382 g/mol. The van der Waals surface area contributed by atoms with Crippen LogP contribution in [0.15, 0.2) is 73.1 Å². The Balaban J connectivity index is 1.45. The van der Waals surface area contributed by atoms with Crippen molar-refractivity contribution in [2.24, 2.45) is 0 Å². The van der Waals surface area contributed by atoms with Crippen LogP contribution < -0.4 is 14.8 Å². The fourth-order valence-corrected chi connectivity index (χ4v) is 2.46. The Kier molecular flexibility index (Phi) is 6.66. The standard InChI is InChI=1S/C21H19ClN2O3/c22-17-6-8-19(9-7-17)26-12-10-21(25)24-18-4-1-5-20(13-18)27-15-16-3-2-11-23-14-16/h1-9,11,13-14H,10,12,15H2,(H,24,25). The summed E-state index contributed by atoms with van der Waals surface area (Å²) in [5, 5.41) is 3.49. The summed E-state index contributed by atoms with van der Waals surface area (Å²) in [6.45, 7) is 0.699.